The van der Waals surface area contributed by atoms with Crippen LogP contribution >= 0.6 is 23.4 Å². The van der Waals surface area contributed by atoms with E-state index in [9.17, 15) is 9.18 Å². The predicted molar refractivity (Wildman–Crippen MR) is 108 cm³/mol. The quantitative estimate of drug-likeness (QED) is 0.712. The van der Waals surface area contributed by atoms with Crippen molar-refractivity contribution in [3.63, 3.8) is 0 Å². The lowest BCUT2D eigenvalue weighted by atomic mass is 10.2. The molecule has 0 bridgehead atoms. The normalized spacial score (nSPS) is 15.5. The number of thioether (sulfide) groups is 1. The number of nitrogens with zero attached hydrogens (tertiary/aromatic N) is 2. The number of hydrogen-bond donors (Lipinski definition) is 1. The molecule has 1 aliphatic heterocycles. The Morgan fingerprint density at radius 2 is 1.96 bits per heavy atom. The lowest BCUT2D eigenvalue weighted by molar-refractivity contribution is 0.259. The Morgan fingerprint density at radius 3 is 2.54 bits per heavy atom. The standard InChI is InChI=1S/C19H19ClFN3OS/c1-12-4-6-13(7-5-12)23-17(25)24(18-22-11-19(2,3)26-18)14-8-9-16(21)15(20)10-14/h4-10H,11H2,1-3H3,(H,23,25). The van der Waals surface area contributed by atoms with Crippen LogP contribution in [0.1, 0.15) is 19.4 Å². The van der Waals surface area contributed by atoms with Gasteiger partial charge in [-0.05, 0) is 51.1 Å². The van der Waals surface area contributed by atoms with Gasteiger partial charge in [0.1, 0.15) is 5.82 Å². The number of amidine groups is 1. The third-order valence-corrected chi connectivity index (χ3v) is 5.29. The molecule has 4 nitrogen and oxygen atoms in total. The highest BCUT2D eigenvalue weighted by Gasteiger charge is 2.34. The number of carbonyl (C=O) groups is 1. The van der Waals surface area contributed by atoms with E-state index in [-0.39, 0.29) is 15.8 Å². The minimum atomic E-state index is -0.532. The third-order valence-electron chi connectivity index (χ3n) is 3.82. The van der Waals surface area contributed by atoms with Crippen molar-refractivity contribution in [2.45, 2.75) is 25.5 Å². The van der Waals surface area contributed by atoms with Gasteiger partial charge in [-0.2, -0.15) is 0 Å². The summed E-state index contributed by atoms with van der Waals surface area (Å²) < 4.78 is 13.5. The average molecular weight is 392 g/mol. The molecule has 0 unspecified atom stereocenters. The first-order valence-electron chi connectivity index (χ1n) is 8.11. The fraction of sp³-hybridized carbons (Fsp3) is 0.263. The summed E-state index contributed by atoms with van der Waals surface area (Å²) in [4.78, 5) is 18.9. The summed E-state index contributed by atoms with van der Waals surface area (Å²) in [6.45, 7) is 6.68. The molecule has 0 aliphatic carbocycles. The lowest BCUT2D eigenvalue weighted by Gasteiger charge is -2.24. The van der Waals surface area contributed by atoms with Gasteiger partial charge in [-0.3, -0.25) is 4.99 Å². The van der Waals surface area contributed by atoms with Crippen molar-refractivity contribution in [2.75, 3.05) is 16.8 Å². The van der Waals surface area contributed by atoms with E-state index in [0.29, 0.717) is 23.1 Å². The number of halogens is 2. The van der Waals surface area contributed by atoms with E-state index in [1.807, 2.05) is 31.2 Å². The molecule has 0 atom stereocenters. The SMILES string of the molecule is Cc1ccc(NC(=O)N(C2=NCC(C)(C)S2)c2ccc(F)c(Cl)c2)cc1. The van der Waals surface area contributed by atoms with Crippen LogP contribution in [-0.2, 0) is 0 Å². The van der Waals surface area contributed by atoms with Crippen LogP contribution in [0.4, 0.5) is 20.6 Å². The zero-order chi connectivity index (χ0) is 18.9. The van der Waals surface area contributed by atoms with Crippen LogP contribution in [0.15, 0.2) is 47.5 Å². The number of anilines is 2. The summed E-state index contributed by atoms with van der Waals surface area (Å²) in [5, 5.41) is 3.38. The second kappa shape index (κ2) is 7.29. The van der Waals surface area contributed by atoms with Gasteiger partial charge in [-0.25, -0.2) is 14.1 Å². The highest BCUT2D eigenvalue weighted by Crippen LogP contribution is 2.36. The van der Waals surface area contributed by atoms with Gasteiger partial charge in [0.2, 0.25) is 0 Å². The van der Waals surface area contributed by atoms with Gasteiger partial charge in [0.15, 0.2) is 5.17 Å². The van der Waals surface area contributed by atoms with Gasteiger partial charge < -0.3 is 5.32 Å². The van der Waals surface area contributed by atoms with Crippen molar-refractivity contribution < 1.29 is 9.18 Å². The second-order valence-electron chi connectivity index (χ2n) is 6.69. The summed E-state index contributed by atoms with van der Waals surface area (Å²) in [5.74, 6) is -0.532. The summed E-state index contributed by atoms with van der Waals surface area (Å²) in [7, 11) is 0. The number of rotatable bonds is 2. The Morgan fingerprint density at radius 1 is 1.27 bits per heavy atom. The molecule has 1 N–H and O–H groups in total. The van der Waals surface area contributed by atoms with Crippen LogP contribution in [0.25, 0.3) is 0 Å². The van der Waals surface area contributed by atoms with Gasteiger partial charge in [-0.15, -0.1) is 0 Å². The Hall–Kier alpha value is -2.05. The number of aryl methyl sites for hydroxylation is 1. The maximum Gasteiger partial charge on any atom is 0.332 e. The molecule has 0 spiro atoms. The molecule has 26 heavy (non-hydrogen) atoms. The Bertz CT molecular complexity index is 868. The molecule has 0 aromatic heterocycles. The van der Waals surface area contributed by atoms with Gasteiger partial charge in [0.25, 0.3) is 0 Å². The maximum atomic E-state index is 13.6. The molecule has 2 amide bonds. The number of amides is 2. The number of benzene rings is 2. The largest absolute Gasteiger partial charge is 0.332 e. The van der Waals surface area contributed by atoms with Gasteiger partial charge in [0, 0.05) is 10.4 Å². The molecule has 2 aromatic rings. The van der Waals surface area contributed by atoms with Crippen molar-refractivity contribution in [3.8, 4) is 0 Å². The fourth-order valence-corrected chi connectivity index (χ4v) is 3.65. The van der Waals surface area contributed by atoms with Gasteiger partial charge in [0.05, 0.1) is 17.3 Å². The van der Waals surface area contributed by atoms with Crippen molar-refractivity contribution in [1.82, 2.24) is 0 Å². The Labute approximate surface area is 161 Å². The van der Waals surface area contributed by atoms with Gasteiger partial charge >= 0.3 is 6.03 Å². The molecule has 3 rings (SSSR count). The smallest absolute Gasteiger partial charge is 0.307 e. The highest BCUT2D eigenvalue weighted by atomic mass is 35.5. The minimum Gasteiger partial charge on any atom is -0.307 e. The van der Waals surface area contributed by atoms with Crippen LogP contribution < -0.4 is 10.2 Å². The van der Waals surface area contributed by atoms with E-state index in [2.05, 4.69) is 24.2 Å². The number of hydrogen-bond acceptors (Lipinski definition) is 3. The molecule has 1 aliphatic rings. The molecular weight excluding hydrogens is 373 g/mol. The second-order valence-corrected chi connectivity index (χ2v) is 8.77. The van der Waals surface area contributed by atoms with E-state index < -0.39 is 5.82 Å². The molecule has 0 radical (unpaired) electrons. The number of urea groups is 1. The molecule has 2 aromatic carbocycles. The molecule has 1 heterocycles. The molecular formula is C19H19ClFN3OS. The van der Waals surface area contributed by atoms with Crippen molar-refractivity contribution >= 4 is 45.9 Å². The number of nitrogens with one attached hydrogen (secondary N) is 1. The zero-order valence-corrected chi connectivity index (χ0v) is 16.3. The van der Waals surface area contributed by atoms with Crippen molar-refractivity contribution in [1.29, 1.82) is 0 Å². The number of aliphatic imine (C=N–C) groups is 1. The first-order valence-corrected chi connectivity index (χ1v) is 9.31. The Kier molecular flexibility index (Phi) is 5.25. The average Bonchev–Trinajstić information content (AvgIpc) is 2.93. The highest BCUT2D eigenvalue weighted by molar-refractivity contribution is 8.15. The fourth-order valence-electron chi connectivity index (χ4n) is 2.44. The van der Waals surface area contributed by atoms with Crippen LogP contribution in [-0.4, -0.2) is 22.5 Å². The van der Waals surface area contributed by atoms with Crippen LogP contribution in [0.3, 0.4) is 0 Å². The van der Waals surface area contributed by atoms with Crippen LogP contribution in [0.5, 0.6) is 0 Å². The van der Waals surface area contributed by atoms with Crippen LogP contribution in [0.2, 0.25) is 5.02 Å². The van der Waals surface area contributed by atoms with E-state index in [1.54, 1.807) is 0 Å². The summed E-state index contributed by atoms with van der Waals surface area (Å²) >= 11 is 7.42. The van der Waals surface area contributed by atoms with E-state index >= 15 is 0 Å². The van der Waals surface area contributed by atoms with E-state index in [0.717, 1.165) is 5.56 Å². The van der Waals surface area contributed by atoms with Crippen molar-refractivity contribution in [3.05, 3.63) is 58.9 Å². The van der Waals surface area contributed by atoms with Crippen LogP contribution in [0, 0.1) is 12.7 Å². The Balaban J connectivity index is 1.93. The minimum absolute atomic E-state index is 0.0431. The lowest BCUT2D eigenvalue weighted by Crippen LogP contribution is -2.38. The predicted octanol–water partition coefficient (Wildman–Crippen LogP) is 5.71. The van der Waals surface area contributed by atoms with Gasteiger partial charge in [-0.1, -0.05) is 41.1 Å². The first-order chi connectivity index (χ1) is 12.2. The van der Waals surface area contributed by atoms with E-state index in [1.165, 1.54) is 34.9 Å². The van der Waals surface area contributed by atoms with Crippen molar-refractivity contribution in [2.24, 2.45) is 4.99 Å². The number of carbonyl (C=O) groups excluding carboxylic acids is 1. The molecule has 0 fully saturated rings. The maximum absolute atomic E-state index is 13.6. The molecule has 0 saturated carbocycles. The van der Waals surface area contributed by atoms with E-state index in [4.69, 9.17) is 11.6 Å². The molecule has 0 saturated heterocycles. The topological polar surface area (TPSA) is 44.7 Å². The zero-order valence-electron chi connectivity index (χ0n) is 14.7. The monoisotopic (exact) mass is 391 g/mol. The summed E-state index contributed by atoms with van der Waals surface area (Å²) in [6.07, 6.45) is 0. The summed E-state index contributed by atoms with van der Waals surface area (Å²) in [5.41, 5.74) is 2.23. The molecule has 7 heteroatoms. The summed E-state index contributed by atoms with van der Waals surface area (Å²) in [6, 6.07) is 11.3. The third kappa shape index (κ3) is 4.19. The molecule has 136 valence electrons. The first kappa shape index (κ1) is 18.7.